The normalized spacial score (nSPS) is 21.2. The topological polar surface area (TPSA) is 57.2 Å². The van der Waals surface area contributed by atoms with Crippen molar-refractivity contribution in [3.8, 4) is 0 Å². The van der Waals surface area contributed by atoms with Gasteiger partial charge in [0.05, 0.1) is 5.60 Å². The highest BCUT2D eigenvalue weighted by atomic mass is 35.5. The van der Waals surface area contributed by atoms with Gasteiger partial charge in [0.2, 0.25) is 0 Å². The number of aryl methyl sites for hydroxylation is 1. The monoisotopic (exact) mass is 335 g/mol. The summed E-state index contributed by atoms with van der Waals surface area (Å²) in [6.45, 7) is 3.42. The molecule has 1 atom stereocenters. The Balaban J connectivity index is 0.00000200. The molecule has 0 aromatic carbocycles. The molecule has 1 unspecified atom stereocenters. The minimum Gasteiger partial charge on any atom is -0.387 e. The molecule has 3 N–H and O–H groups in total. The third-order valence-electron chi connectivity index (χ3n) is 3.67. The summed E-state index contributed by atoms with van der Waals surface area (Å²) in [5, 5.41) is 16.9. The number of β-amino-alcohol motifs (C(OH)–C–C–N with tert-alkyl or cyclic N) is 1. The first-order chi connectivity index (χ1) is 9.29. The van der Waals surface area contributed by atoms with Crippen LogP contribution in [-0.2, 0) is 6.42 Å². The van der Waals surface area contributed by atoms with E-state index in [1.165, 1.54) is 0 Å². The minimum absolute atomic E-state index is 0. The lowest BCUT2D eigenvalue weighted by atomic mass is 9.94. The van der Waals surface area contributed by atoms with Gasteiger partial charge in [-0.1, -0.05) is 6.07 Å². The van der Waals surface area contributed by atoms with Crippen LogP contribution in [0.2, 0.25) is 0 Å². The first-order valence-corrected chi connectivity index (χ1v) is 7.32. The van der Waals surface area contributed by atoms with E-state index in [0.29, 0.717) is 13.1 Å². The summed E-state index contributed by atoms with van der Waals surface area (Å²) < 4.78 is 0. The molecule has 6 heteroatoms. The Kier molecular flexibility index (Phi) is 11.0. The van der Waals surface area contributed by atoms with Gasteiger partial charge in [-0.15, -0.1) is 24.8 Å². The maximum atomic E-state index is 10.3. The molecule has 21 heavy (non-hydrogen) atoms. The van der Waals surface area contributed by atoms with E-state index in [2.05, 4.69) is 21.7 Å². The van der Waals surface area contributed by atoms with Gasteiger partial charge >= 0.3 is 0 Å². The van der Waals surface area contributed by atoms with Crippen LogP contribution in [0, 0.1) is 0 Å². The summed E-state index contributed by atoms with van der Waals surface area (Å²) in [6.07, 6.45) is 7.12. The summed E-state index contributed by atoms with van der Waals surface area (Å²) >= 11 is 0. The fraction of sp³-hybridized carbons (Fsp3) is 0.667. The van der Waals surface area contributed by atoms with Crippen LogP contribution in [0.25, 0.3) is 0 Å². The number of hydrogen-bond acceptors (Lipinski definition) is 4. The highest BCUT2D eigenvalue weighted by Gasteiger charge is 2.28. The summed E-state index contributed by atoms with van der Waals surface area (Å²) in [4.78, 5) is 4.31. The summed E-state index contributed by atoms with van der Waals surface area (Å²) in [5.41, 5.74) is 0.622. The Morgan fingerprint density at radius 1 is 1.29 bits per heavy atom. The number of halogens is 2. The lowest BCUT2D eigenvalue weighted by molar-refractivity contribution is 0.0173. The number of unbranched alkanes of at least 4 members (excludes halogenated alkanes) is 1. The summed E-state index contributed by atoms with van der Waals surface area (Å²) in [6, 6.07) is 6.06. The van der Waals surface area contributed by atoms with Gasteiger partial charge in [-0.05, 0) is 57.3 Å². The van der Waals surface area contributed by atoms with E-state index in [-0.39, 0.29) is 24.8 Å². The molecule has 1 aromatic rings. The second-order valence-electron chi connectivity index (χ2n) is 5.46. The van der Waals surface area contributed by atoms with Crippen molar-refractivity contribution in [2.75, 3.05) is 26.2 Å². The van der Waals surface area contributed by atoms with Gasteiger partial charge in [0.25, 0.3) is 0 Å². The molecule has 1 aliphatic rings. The predicted octanol–water partition coefficient (Wildman–Crippen LogP) is 1.95. The van der Waals surface area contributed by atoms with Crippen LogP contribution in [0.5, 0.6) is 0 Å². The van der Waals surface area contributed by atoms with Crippen LogP contribution in [0.1, 0.15) is 31.4 Å². The number of nitrogens with one attached hydrogen (secondary N) is 2. The Hall–Kier alpha value is -0.390. The van der Waals surface area contributed by atoms with E-state index in [0.717, 1.165) is 50.9 Å². The van der Waals surface area contributed by atoms with Crippen molar-refractivity contribution in [3.63, 3.8) is 0 Å². The summed E-state index contributed by atoms with van der Waals surface area (Å²) in [7, 11) is 0. The van der Waals surface area contributed by atoms with Gasteiger partial charge in [-0.3, -0.25) is 4.98 Å². The molecule has 1 aromatic heterocycles. The third-order valence-corrected chi connectivity index (χ3v) is 3.67. The van der Waals surface area contributed by atoms with E-state index in [1.54, 1.807) is 0 Å². The number of aromatic nitrogens is 1. The molecule has 0 spiro atoms. The van der Waals surface area contributed by atoms with Crippen molar-refractivity contribution in [3.05, 3.63) is 30.1 Å². The maximum absolute atomic E-state index is 10.3. The molecular weight excluding hydrogens is 309 g/mol. The number of nitrogens with zero attached hydrogens (tertiary/aromatic N) is 1. The smallest absolute Gasteiger partial charge is 0.0895 e. The maximum Gasteiger partial charge on any atom is 0.0895 e. The van der Waals surface area contributed by atoms with Gasteiger partial charge in [0.1, 0.15) is 0 Å². The molecule has 2 rings (SSSR count). The molecule has 122 valence electrons. The number of piperidine rings is 1. The largest absolute Gasteiger partial charge is 0.387 e. The zero-order chi connectivity index (χ0) is 13.4. The predicted molar refractivity (Wildman–Crippen MR) is 91.6 cm³/mol. The van der Waals surface area contributed by atoms with Gasteiger partial charge in [0.15, 0.2) is 0 Å². The molecule has 1 aliphatic heterocycles. The molecule has 0 radical (unpaired) electrons. The highest BCUT2D eigenvalue weighted by Crippen LogP contribution is 2.14. The second kappa shape index (κ2) is 11.2. The zero-order valence-corrected chi connectivity index (χ0v) is 14.0. The minimum atomic E-state index is -0.542. The van der Waals surface area contributed by atoms with Crippen LogP contribution >= 0.6 is 24.8 Å². The molecule has 0 saturated carbocycles. The van der Waals surface area contributed by atoms with Crippen LogP contribution in [0.15, 0.2) is 24.4 Å². The van der Waals surface area contributed by atoms with E-state index in [4.69, 9.17) is 0 Å². The van der Waals surface area contributed by atoms with Crippen molar-refractivity contribution in [1.82, 2.24) is 15.6 Å². The first kappa shape index (κ1) is 20.6. The molecule has 1 fully saturated rings. The third kappa shape index (κ3) is 7.98. The Morgan fingerprint density at radius 2 is 2.14 bits per heavy atom. The summed E-state index contributed by atoms with van der Waals surface area (Å²) in [5.74, 6) is 0. The first-order valence-electron chi connectivity index (χ1n) is 7.32. The molecular formula is C15H27Cl2N3O. The zero-order valence-electron chi connectivity index (χ0n) is 12.4. The molecule has 2 heterocycles. The van der Waals surface area contributed by atoms with E-state index in [1.807, 2.05) is 18.3 Å². The van der Waals surface area contributed by atoms with Gasteiger partial charge in [0, 0.05) is 25.0 Å². The Morgan fingerprint density at radius 3 is 2.81 bits per heavy atom. The number of aliphatic hydroxyl groups is 1. The molecule has 4 nitrogen and oxygen atoms in total. The van der Waals surface area contributed by atoms with Crippen LogP contribution < -0.4 is 10.6 Å². The fourth-order valence-electron chi connectivity index (χ4n) is 2.53. The average molecular weight is 336 g/mol. The Labute approximate surface area is 139 Å². The van der Waals surface area contributed by atoms with Crippen LogP contribution in [0.4, 0.5) is 0 Å². The second-order valence-corrected chi connectivity index (χ2v) is 5.46. The van der Waals surface area contributed by atoms with Gasteiger partial charge in [-0.25, -0.2) is 0 Å². The van der Waals surface area contributed by atoms with E-state index < -0.39 is 5.60 Å². The number of pyridine rings is 1. The van der Waals surface area contributed by atoms with Crippen molar-refractivity contribution in [2.24, 2.45) is 0 Å². The van der Waals surface area contributed by atoms with Gasteiger partial charge in [-0.2, -0.15) is 0 Å². The quantitative estimate of drug-likeness (QED) is 0.666. The average Bonchev–Trinajstić information content (AvgIpc) is 2.44. The van der Waals surface area contributed by atoms with E-state index in [9.17, 15) is 5.11 Å². The number of rotatable bonds is 7. The Bertz CT molecular complexity index is 359. The molecule has 0 bridgehead atoms. The van der Waals surface area contributed by atoms with E-state index >= 15 is 0 Å². The fourth-order valence-corrected chi connectivity index (χ4v) is 2.53. The lowest BCUT2D eigenvalue weighted by Crippen LogP contribution is -2.52. The number of hydrogen-bond donors (Lipinski definition) is 3. The molecule has 1 saturated heterocycles. The molecule has 0 amide bonds. The lowest BCUT2D eigenvalue weighted by Gasteiger charge is -2.32. The van der Waals surface area contributed by atoms with Crippen molar-refractivity contribution < 1.29 is 5.11 Å². The standard InChI is InChI=1S/C15H25N3O.2ClH/c19-15(8-5-10-17-13-15)12-16-9-3-1-6-14-7-2-4-11-18-14;;/h2,4,7,11,16-17,19H,1,3,5-6,8-10,12-13H2;2*1H. The van der Waals surface area contributed by atoms with Gasteiger partial charge < -0.3 is 15.7 Å². The van der Waals surface area contributed by atoms with Crippen LogP contribution in [0.3, 0.4) is 0 Å². The SMILES string of the molecule is Cl.Cl.OC1(CNCCCCc2ccccn2)CCCNC1. The van der Waals surface area contributed by atoms with Crippen LogP contribution in [-0.4, -0.2) is 41.9 Å². The molecule has 0 aliphatic carbocycles. The highest BCUT2D eigenvalue weighted by molar-refractivity contribution is 5.85. The van der Waals surface area contributed by atoms with Crippen molar-refractivity contribution in [1.29, 1.82) is 0 Å². The van der Waals surface area contributed by atoms with Crippen molar-refractivity contribution >= 4 is 24.8 Å². The van der Waals surface area contributed by atoms with Crippen molar-refractivity contribution in [2.45, 2.75) is 37.7 Å².